The minimum Gasteiger partial charge on any atom is -0.396 e. The Morgan fingerprint density at radius 1 is 1.63 bits per heavy atom. The average Bonchev–Trinajstić information content (AvgIpc) is 2.38. The van der Waals surface area contributed by atoms with E-state index in [2.05, 4.69) is 5.32 Å². The summed E-state index contributed by atoms with van der Waals surface area (Å²) in [5.74, 6) is 0. The van der Waals surface area contributed by atoms with Gasteiger partial charge in [-0.15, -0.1) is 0 Å². The van der Waals surface area contributed by atoms with E-state index in [9.17, 15) is 10.1 Å². The number of methoxy groups -OCH3 is 1. The quantitative estimate of drug-likeness (QED) is 0.567. The van der Waals surface area contributed by atoms with Crippen LogP contribution in [0.5, 0.6) is 0 Å². The van der Waals surface area contributed by atoms with Gasteiger partial charge < -0.3 is 15.2 Å². The van der Waals surface area contributed by atoms with Gasteiger partial charge in [-0.1, -0.05) is 6.07 Å². The number of hydrogen-bond acceptors (Lipinski definition) is 6. The SMILES string of the molecule is COCC(CCO)Nc1cccc(C#N)c1[N+](=O)[O-]. The molecule has 7 heteroatoms. The number of para-hydroxylation sites is 1. The third-order valence-corrected chi connectivity index (χ3v) is 2.54. The molecule has 19 heavy (non-hydrogen) atoms. The Kier molecular flexibility index (Phi) is 5.73. The number of ether oxygens (including phenoxy) is 1. The first-order valence-corrected chi connectivity index (χ1v) is 5.67. The van der Waals surface area contributed by atoms with Gasteiger partial charge >= 0.3 is 5.69 Å². The van der Waals surface area contributed by atoms with Crippen LogP contribution in [-0.4, -0.2) is 36.4 Å². The molecule has 2 N–H and O–H groups in total. The van der Waals surface area contributed by atoms with E-state index in [1.54, 1.807) is 12.1 Å². The summed E-state index contributed by atoms with van der Waals surface area (Å²) >= 11 is 0. The Labute approximate surface area is 110 Å². The second-order valence-electron chi connectivity index (χ2n) is 3.88. The second-order valence-corrected chi connectivity index (χ2v) is 3.88. The van der Waals surface area contributed by atoms with E-state index >= 15 is 0 Å². The molecule has 1 aromatic carbocycles. The van der Waals surface area contributed by atoms with Crippen molar-refractivity contribution in [2.75, 3.05) is 25.6 Å². The minimum atomic E-state index is -0.594. The molecule has 0 aliphatic rings. The molecular weight excluding hydrogens is 250 g/mol. The van der Waals surface area contributed by atoms with Gasteiger partial charge in [0.05, 0.1) is 17.6 Å². The van der Waals surface area contributed by atoms with Crippen LogP contribution in [0.25, 0.3) is 0 Å². The molecule has 0 saturated heterocycles. The molecule has 1 atom stereocenters. The zero-order valence-corrected chi connectivity index (χ0v) is 10.5. The summed E-state index contributed by atoms with van der Waals surface area (Å²) in [6, 6.07) is 6.01. The highest BCUT2D eigenvalue weighted by Gasteiger charge is 2.21. The van der Waals surface area contributed by atoms with Crippen molar-refractivity contribution in [2.45, 2.75) is 12.5 Å². The molecule has 0 heterocycles. The maximum absolute atomic E-state index is 11.0. The molecule has 1 rings (SSSR count). The number of nitrogens with zero attached hydrogens (tertiary/aromatic N) is 2. The number of nitro benzene ring substituents is 1. The van der Waals surface area contributed by atoms with Crippen LogP contribution in [0.3, 0.4) is 0 Å². The van der Waals surface area contributed by atoms with Crippen molar-refractivity contribution >= 4 is 11.4 Å². The first-order chi connectivity index (χ1) is 9.13. The molecule has 7 nitrogen and oxygen atoms in total. The van der Waals surface area contributed by atoms with E-state index in [0.717, 1.165) is 0 Å². The minimum absolute atomic E-state index is 0.00448. The normalized spacial score (nSPS) is 11.6. The fourth-order valence-electron chi connectivity index (χ4n) is 1.72. The topological polar surface area (TPSA) is 108 Å². The number of nitro groups is 1. The van der Waals surface area contributed by atoms with Crippen LogP contribution in [0.15, 0.2) is 18.2 Å². The van der Waals surface area contributed by atoms with Crippen LogP contribution in [0.1, 0.15) is 12.0 Å². The van der Waals surface area contributed by atoms with Crippen molar-refractivity contribution in [1.82, 2.24) is 0 Å². The third-order valence-electron chi connectivity index (χ3n) is 2.54. The lowest BCUT2D eigenvalue weighted by molar-refractivity contribution is -0.384. The van der Waals surface area contributed by atoms with Gasteiger partial charge in [0.15, 0.2) is 0 Å². The van der Waals surface area contributed by atoms with Crippen molar-refractivity contribution in [3.05, 3.63) is 33.9 Å². The molecule has 102 valence electrons. The first-order valence-electron chi connectivity index (χ1n) is 5.67. The van der Waals surface area contributed by atoms with Crippen LogP contribution in [0.2, 0.25) is 0 Å². The maximum atomic E-state index is 11.0. The molecule has 0 aliphatic carbocycles. The number of nitrogens with one attached hydrogen (secondary N) is 1. The molecule has 0 saturated carbocycles. The zero-order valence-electron chi connectivity index (χ0n) is 10.5. The summed E-state index contributed by atoms with van der Waals surface area (Å²) in [6.45, 7) is 0.237. The smallest absolute Gasteiger partial charge is 0.309 e. The summed E-state index contributed by atoms with van der Waals surface area (Å²) in [6.07, 6.45) is 0.391. The van der Waals surface area contributed by atoms with Crippen LogP contribution < -0.4 is 5.32 Å². The van der Waals surface area contributed by atoms with Gasteiger partial charge in [0.1, 0.15) is 17.3 Å². The highest BCUT2D eigenvalue weighted by molar-refractivity contribution is 5.68. The van der Waals surface area contributed by atoms with Crippen molar-refractivity contribution in [3.63, 3.8) is 0 Å². The average molecular weight is 265 g/mol. The second kappa shape index (κ2) is 7.31. The van der Waals surface area contributed by atoms with Gasteiger partial charge in [0.25, 0.3) is 0 Å². The Balaban J connectivity index is 3.05. The molecule has 0 radical (unpaired) electrons. The number of benzene rings is 1. The predicted molar refractivity (Wildman–Crippen MR) is 68.8 cm³/mol. The van der Waals surface area contributed by atoms with E-state index in [0.29, 0.717) is 13.0 Å². The summed E-state index contributed by atoms with van der Waals surface area (Å²) in [7, 11) is 1.51. The van der Waals surface area contributed by atoms with Gasteiger partial charge in [0, 0.05) is 13.7 Å². The largest absolute Gasteiger partial charge is 0.396 e. The summed E-state index contributed by atoms with van der Waals surface area (Å²) < 4.78 is 4.98. The number of aliphatic hydroxyl groups excluding tert-OH is 1. The molecule has 1 unspecified atom stereocenters. The van der Waals surface area contributed by atoms with E-state index in [1.165, 1.54) is 19.2 Å². The number of anilines is 1. The highest BCUT2D eigenvalue weighted by Crippen LogP contribution is 2.28. The van der Waals surface area contributed by atoms with E-state index < -0.39 is 4.92 Å². The van der Waals surface area contributed by atoms with E-state index in [4.69, 9.17) is 15.1 Å². The van der Waals surface area contributed by atoms with Crippen LogP contribution in [0, 0.1) is 21.4 Å². The van der Waals surface area contributed by atoms with E-state index in [-0.39, 0.29) is 29.6 Å². The number of rotatable bonds is 7. The molecule has 0 amide bonds. The van der Waals surface area contributed by atoms with Crippen molar-refractivity contribution in [2.24, 2.45) is 0 Å². The Bertz CT molecular complexity index is 478. The Hall–Kier alpha value is -2.17. The number of aliphatic hydroxyl groups is 1. The highest BCUT2D eigenvalue weighted by atomic mass is 16.6. The monoisotopic (exact) mass is 265 g/mol. The fraction of sp³-hybridized carbons (Fsp3) is 0.417. The van der Waals surface area contributed by atoms with Gasteiger partial charge in [-0.2, -0.15) is 5.26 Å². The lowest BCUT2D eigenvalue weighted by atomic mass is 10.1. The first kappa shape index (κ1) is 14.9. The zero-order chi connectivity index (χ0) is 14.3. The lowest BCUT2D eigenvalue weighted by Gasteiger charge is -2.18. The number of nitriles is 1. The summed E-state index contributed by atoms with van der Waals surface area (Å²) in [5, 5.41) is 31.8. The fourth-order valence-corrected chi connectivity index (χ4v) is 1.72. The molecule has 0 aliphatic heterocycles. The standard InChI is InChI=1S/C12H15N3O4/c1-19-8-10(5-6-16)14-11-4-2-3-9(7-13)12(11)15(17)18/h2-4,10,14,16H,5-6,8H2,1H3. The van der Waals surface area contributed by atoms with E-state index in [1.807, 2.05) is 0 Å². The molecule has 0 aromatic heterocycles. The number of hydrogen-bond donors (Lipinski definition) is 2. The summed E-state index contributed by atoms with van der Waals surface area (Å²) in [4.78, 5) is 10.4. The van der Waals surface area contributed by atoms with Crippen LogP contribution >= 0.6 is 0 Å². The Morgan fingerprint density at radius 2 is 2.37 bits per heavy atom. The van der Waals surface area contributed by atoms with Crippen LogP contribution in [-0.2, 0) is 4.74 Å². The van der Waals surface area contributed by atoms with Crippen molar-refractivity contribution in [3.8, 4) is 6.07 Å². The van der Waals surface area contributed by atoms with Crippen LogP contribution in [0.4, 0.5) is 11.4 Å². The molecule has 0 fully saturated rings. The molecular formula is C12H15N3O4. The van der Waals surface area contributed by atoms with Crippen molar-refractivity contribution in [1.29, 1.82) is 5.26 Å². The lowest BCUT2D eigenvalue weighted by Crippen LogP contribution is -2.26. The van der Waals surface area contributed by atoms with Crippen molar-refractivity contribution < 1.29 is 14.8 Å². The Morgan fingerprint density at radius 3 is 2.89 bits per heavy atom. The third kappa shape index (κ3) is 3.91. The predicted octanol–water partition coefficient (Wildman–Crippen LogP) is 1.28. The molecule has 1 aromatic rings. The van der Waals surface area contributed by atoms with Gasteiger partial charge in [0.2, 0.25) is 0 Å². The summed E-state index contributed by atoms with van der Waals surface area (Å²) in [5.41, 5.74) is -0.0150. The van der Waals surface area contributed by atoms with Gasteiger partial charge in [-0.25, -0.2) is 0 Å². The van der Waals surface area contributed by atoms with Gasteiger partial charge in [-0.05, 0) is 18.6 Å². The maximum Gasteiger partial charge on any atom is 0.309 e. The molecule has 0 spiro atoms. The van der Waals surface area contributed by atoms with Gasteiger partial charge in [-0.3, -0.25) is 10.1 Å². The molecule has 0 bridgehead atoms.